The summed E-state index contributed by atoms with van der Waals surface area (Å²) in [7, 11) is 1.56. The Balaban J connectivity index is 1.69. The Labute approximate surface area is 163 Å². The highest BCUT2D eigenvalue weighted by molar-refractivity contribution is 7.14. The highest BCUT2D eigenvalue weighted by atomic mass is 35.5. The van der Waals surface area contributed by atoms with E-state index in [2.05, 4.69) is 4.98 Å². The van der Waals surface area contributed by atoms with E-state index in [1.807, 2.05) is 22.9 Å². The molecular formula is C18H14ClN3O2S2. The minimum atomic E-state index is 0.115. The van der Waals surface area contributed by atoms with Gasteiger partial charge in [-0.3, -0.25) is 5.41 Å². The van der Waals surface area contributed by atoms with Gasteiger partial charge in [0, 0.05) is 10.4 Å². The standard InChI is InChI=1S/C18H14ClN3O2S2/c1-24-14-5-4-10(19)7-12(14)22-8-13(23)16(17(22)20)18-21-11(9-26-18)15-3-2-6-25-15/h2-7,9,20,23H,8H2,1H3. The Morgan fingerprint density at radius 2 is 2.15 bits per heavy atom. The van der Waals surface area contributed by atoms with Crippen LogP contribution in [0.1, 0.15) is 5.01 Å². The van der Waals surface area contributed by atoms with Gasteiger partial charge in [0.25, 0.3) is 0 Å². The molecule has 26 heavy (non-hydrogen) atoms. The summed E-state index contributed by atoms with van der Waals surface area (Å²) in [6.07, 6.45) is 0. The van der Waals surface area contributed by atoms with Gasteiger partial charge in [-0.1, -0.05) is 17.7 Å². The average molecular weight is 404 g/mol. The number of anilines is 1. The third kappa shape index (κ3) is 2.88. The molecule has 4 rings (SSSR count). The maximum atomic E-state index is 10.5. The van der Waals surface area contributed by atoms with Crippen LogP contribution in [0, 0.1) is 5.41 Å². The van der Waals surface area contributed by atoms with E-state index in [0.717, 1.165) is 10.6 Å². The number of ether oxygens (including phenoxy) is 1. The number of methoxy groups -OCH3 is 1. The van der Waals surface area contributed by atoms with Crippen molar-refractivity contribution in [1.29, 1.82) is 5.41 Å². The van der Waals surface area contributed by atoms with Crippen LogP contribution in [0.5, 0.6) is 5.75 Å². The van der Waals surface area contributed by atoms with E-state index in [1.54, 1.807) is 41.5 Å². The molecule has 2 aromatic heterocycles. The number of amidine groups is 1. The summed E-state index contributed by atoms with van der Waals surface area (Å²) in [6, 6.07) is 9.18. The largest absolute Gasteiger partial charge is 0.510 e. The van der Waals surface area contributed by atoms with Gasteiger partial charge in [-0.2, -0.15) is 0 Å². The molecule has 0 unspecified atom stereocenters. The maximum absolute atomic E-state index is 10.5. The summed E-state index contributed by atoms with van der Waals surface area (Å²) in [4.78, 5) is 7.34. The lowest BCUT2D eigenvalue weighted by Crippen LogP contribution is -2.26. The predicted octanol–water partition coefficient (Wildman–Crippen LogP) is 5.30. The molecule has 2 N–H and O–H groups in total. The van der Waals surface area contributed by atoms with Crippen LogP contribution in [0.2, 0.25) is 5.02 Å². The number of nitrogens with one attached hydrogen (secondary N) is 1. The third-order valence-electron chi connectivity index (χ3n) is 4.03. The Hall–Kier alpha value is -2.35. The number of nitrogens with zero attached hydrogens (tertiary/aromatic N) is 2. The fourth-order valence-electron chi connectivity index (χ4n) is 2.81. The smallest absolute Gasteiger partial charge is 0.142 e. The van der Waals surface area contributed by atoms with Crippen molar-refractivity contribution in [2.45, 2.75) is 0 Å². The first-order valence-corrected chi connectivity index (χ1v) is 9.84. The van der Waals surface area contributed by atoms with E-state index < -0.39 is 0 Å². The quantitative estimate of drug-likeness (QED) is 0.620. The normalized spacial score (nSPS) is 14.4. The van der Waals surface area contributed by atoms with Gasteiger partial charge in [0.2, 0.25) is 0 Å². The molecule has 132 valence electrons. The fourth-order valence-corrected chi connectivity index (χ4v) is 4.62. The van der Waals surface area contributed by atoms with Crippen LogP contribution in [-0.2, 0) is 0 Å². The third-order valence-corrected chi connectivity index (χ3v) is 6.01. The number of hydrogen-bond acceptors (Lipinski definition) is 6. The van der Waals surface area contributed by atoms with Crippen molar-refractivity contribution in [2.75, 3.05) is 18.6 Å². The molecule has 5 nitrogen and oxygen atoms in total. The minimum absolute atomic E-state index is 0.115. The van der Waals surface area contributed by atoms with E-state index in [0.29, 0.717) is 27.0 Å². The number of thiazole rings is 1. The molecule has 1 aliphatic heterocycles. The zero-order valence-electron chi connectivity index (χ0n) is 13.7. The highest BCUT2D eigenvalue weighted by Gasteiger charge is 2.32. The SMILES string of the molecule is COc1ccc(Cl)cc1N1CC(O)=C(c2nc(-c3cccs3)cs2)C1=N. The second kappa shape index (κ2) is 6.75. The van der Waals surface area contributed by atoms with Crippen LogP contribution < -0.4 is 9.64 Å². The number of aliphatic hydroxyl groups excluding tert-OH is 1. The van der Waals surface area contributed by atoms with Crippen LogP contribution in [0.25, 0.3) is 16.1 Å². The van der Waals surface area contributed by atoms with Gasteiger partial charge < -0.3 is 14.7 Å². The Morgan fingerprint density at radius 1 is 1.31 bits per heavy atom. The van der Waals surface area contributed by atoms with Crippen molar-refractivity contribution in [3.63, 3.8) is 0 Å². The highest BCUT2D eigenvalue weighted by Crippen LogP contribution is 2.39. The van der Waals surface area contributed by atoms with Crippen LogP contribution in [0.4, 0.5) is 5.69 Å². The van der Waals surface area contributed by atoms with E-state index in [9.17, 15) is 5.11 Å². The number of aliphatic hydroxyl groups is 1. The van der Waals surface area contributed by atoms with E-state index >= 15 is 0 Å². The summed E-state index contributed by atoms with van der Waals surface area (Å²) in [5.41, 5.74) is 1.94. The van der Waals surface area contributed by atoms with Crippen molar-refractivity contribution in [1.82, 2.24) is 4.98 Å². The van der Waals surface area contributed by atoms with Gasteiger partial charge >= 0.3 is 0 Å². The zero-order valence-corrected chi connectivity index (χ0v) is 16.1. The van der Waals surface area contributed by atoms with Crippen molar-refractivity contribution in [2.24, 2.45) is 0 Å². The first kappa shape index (κ1) is 17.1. The molecule has 0 saturated carbocycles. The van der Waals surface area contributed by atoms with Crippen LogP contribution in [0.3, 0.4) is 0 Å². The molecule has 0 radical (unpaired) electrons. The zero-order chi connectivity index (χ0) is 18.3. The summed E-state index contributed by atoms with van der Waals surface area (Å²) in [5.74, 6) is 0.880. The lowest BCUT2D eigenvalue weighted by Gasteiger charge is -2.21. The van der Waals surface area contributed by atoms with Crippen molar-refractivity contribution >= 4 is 51.4 Å². The molecule has 0 atom stereocenters. The van der Waals surface area contributed by atoms with E-state index in [1.165, 1.54) is 11.3 Å². The monoisotopic (exact) mass is 403 g/mol. The molecule has 0 spiro atoms. The number of halogens is 1. The number of rotatable bonds is 4. The molecular weight excluding hydrogens is 390 g/mol. The molecule has 3 heterocycles. The molecule has 0 bridgehead atoms. The lowest BCUT2D eigenvalue weighted by molar-refractivity contribution is 0.407. The Bertz CT molecular complexity index is 1010. The lowest BCUT2D eigenvalue weighted by atomic mass is 10.2. The molecule has 1 aromatic carbocycles. The molecule has 1 aliphatic rings. The van der Waals surface area contributed by atoms with Gasteiger partial charge in [0.1, 0.15) is 22.4 Å². The fraction of sp³-hybridized carbons (Fsp3) is 0.111. The topological polar surface area (TPSA) is 69.4 Å². The van der Waals surface area contributed by atoms with E-state index in [-0.39, 0.29) is 18.1 Å². The van der Waals surface area contributed by atoms with Gasteiger partial charge in [0.05, 0.1) is 35.5 Å². The van der Waals surface area contributed by atoms with Crippen molar-refractivity contribution < 1.29 is 9.84 Å². The molecule has 0 amide bonds. The van der Waals surface area contributed by atoms with Crippen molar-refractivity contribution in [3.8, 4) is 16.3 Å². The number of benzene rings is 1. The summed E-state index contributed by atoms with van der Waals surface area (Å²) >= 11 is 9.14. The molecule has 0 aliphatic carbocycles. The minimum Gasteiger partial charge on any atom is -0.510 e. The van der Waals surface area contributed by atoms with Gasteiger partial charge in [0.15, 0.2) is 0 Å². The first-order valence-electron chi connectivity index (χ1n) is 7.70. The number of thiophene rings is 1. The summed E-state index contributed by atoms with van der Waals surface area (Å²) < 4.78 is 5.38. The predicted molar refractivity (Wildman–Crippen MR) is 108 cm³/mol. The molecule has 0 saturated heterocycles. The van der Waals surface area contributed by atoms with Gasteiger partial charge in [-0.05, 0) is 29.6 Å². The van der Waals surface area contributed by atoms with Crippen LogP contribution in [-0.4, -0.2) is 29.6 Å². The first-order chi connectivity index (χ1) is 12.6. The van der Waals surface area contributed by atoms with Crippen molar-refractivity contribution in [3.05, 3.63) is 56.9 Å². The Morgan fingerprint density at radius 3 is 2.88 bits per heavy atom. The molecule has 8 heteroatoms. The van der Waals surface area contributed by atoms with Gasteiger partial charge in [-0.25, -0.2) is 4.98 Å². The number of hydrogen-bond donors (Lipinski definition) is 2. The maximum Gasteiger partial charge on any atom is 0.142 e. The average Bonchev–Trinajstić information content (AvgIpc) is 3.35. The van der Waals surface area contributed by atoms with Gasteiger partial charge in [-0.15, -0.1) is 22.7 Å². The second-order valence-electron chi connectivity index (χ2n) is 5.59. The summed E-state index contributed by atoms with van der Waals surface area (Å²) in [5, 5.41) is 24.2. The molecule has 3 aromatic rings. The van der Waals surface area contributed by atoms with Crippen LogP contribution in [0.15, 0.2) is 46.9 Å². The second-order valence-corrected chi connectivity index (χ2v) is 7.83. The summed E-state index contributed by atoms with van der Waals surface area (Å²) in [6.45, 7) is 0.179. The van der Waals surface area contributed by atoms with E-state index in [4.69, 9.17) is 21.7 Å². The Kier molecular flexibility index (Phi) is 4.44. The number of aromatic nitrogens is 1. The molecule has 0 fully saturated rings. The van der Waals surface area contributed by atoms with Crippen LogP contribution >= 0.6 is 34.3 Å².